The molecule has 29 heavy (non-hydrogen) atoms. The molecule has 3 aromatic rings. The molecule has 1 aromatic heterocycles. The van der Waals surface area contributed by atoms with Gasteiger partial charge in [0.15, 0.2) is 5.16 Å². The molecule has 1 heterocycles. The molecule has 1 N–H and O–H groups in total. The number of hydrogen-bond donors (Lipinski definition) is 1. The van der Waals surface area contributed by atoms with Gasteiger partial charge in [0.25, 0.3) is 0 Å². The Morgan fingerprint density at radius 1 is 1.03 bits per heavy atom. The fraction of sp³-hybridized carbons (Fsp3) is 0.190. The van der Waals surface area contributed by atoms with Crippen LogP contribution in [0.5, 0.6) is 0 Å². The Morgan fingerprint density at radius 2 is 1.69 bits per heavy atom. The second kappa shape index (κ2) is 8.65. The predicted molar refractivity (Wildman–Crippen MR) is 108 cm³/mol. The minimum absolute atomic E-state index is 0.106. The molecule has 2 aromatic carbocycles. The first-order chi connectivity index (χ1) is 13.7. The summed E-state index contributed by atoms with van der Waals surface area (Å²) in [4.78, 5) is 20.3. The Bertz CT molecular complexity index is 992. The number of alkyl halides is 3. The molecule has 8 heteroatoms. The van der Waals surface area contributed by atoms with Gasteiger partial charge in [-0.15, -0.1) is 0 Å². The zero-order valence-electron chi connectivity index (χ0n) is 15.7. The molecule has 0 unspecified atom stereocenters. The smallest absolute Gasteiger partial charge is 0.325 e. The zero-order chi connectivity index (χ0) is 21.0. The van der Waals surface area contributed by atoms with Crippen LogP contribution in [0, 0.1) is 6.92 Å². The Balaban J connectivity index is 1.83. The van der Waals surface area contributed by atoms with Crippen LogP contribution in [0.3, 0.4) is 0 Å². The number of benzene rings is 2. The van der Waals surface area contributed by atoms with Gasteiger partial charge in [-0.05, 0) is 32.0 Å². The highest BCUT2D eigenvalue weighted by molar-refractivity contribution is 8.00. The number of halogens is 3. The summed E-state index contributed by atoms with van der Waals surface area (Å²) in [7, 11) is 0. The largest absolute Gasteiger partial charge is 0.433 e. The first-order valence-corrected chi connectivity index (χ1v) is 9.66. The minimum Gasteiger partial charge on any atom is -0.325 e. The summed E-state index contributed by atoms with van der Waals surface area (Å²) in [6.45, 7) is 3.53. The lowest BCUT2D eigenvalue weighted by atomic mass is 10.1. The summed E-state index contributed by atoms with van der Waals surface area (Å²) in [5.41, 5.74) is 1.32. The van der Waals surface area contributed by atoms with Gasteiger partial charge in [0, 0.05) is 11.3 Å². The fourth-order valence-corrected chi connectivity index (χ4v) is 3.26. The summed E-state index contributed by atoms with van der Waals surface area (Å²) < 4.78 is 39.9. The normalized spacial score (nSPS) is 12.4. The highest BCUT2D eigenvalue weighted by atomic mass is 32.2. The monoisotopic (exact) mass is 417 g/mol. The van der Waals surface area contributed by atoms with E-state index in [1.807, 2.05) is 19.1 Å². The van der Waals surface area contributed by atoms with E-state index in [1.54, 1.807) is 49.4 Å². The molecule has 0 saturated heterocycles. The third-order valence-electron chi connectivity index (χ3n) is 4.04. The molecule has 0 bridgehead atoms. The van der Waals surface area contributed by atoms with E-state index < -0.39 is 17.1 Å². The molecule has 1 amide bonds. The van der Waals surface area contributed by atoms with Crippen molar-refractivity contribution in [2.24, 2.45) is 0 Å². The molecular weight excluding hydrogens is 399 g/mol. The van der Waals surface area contributed by atoms with Crippen LogP contribution in [-0.2, 0) is 11.0 Å². The molecule has 0 aliphatic carbocycles. The van der Waals surface area contributed by atoms with E-state index in [0.29, 0.717) is 11.3 Å². The third-order valence-corrected chi connectivity index (χ3v) is 5.00. The van der Waals surface area contributed by atoms with Crippen molar-refractivity contribution in [1.82, 2.24) is 9.97 Å². The van der Waals surface area contributed by atoms with Crippen molar-refractivity contribution < 1.29 is 18.0 Å². The second-order valence-corrected chi connectivity index (χ2v) is 7.71. The van der Waals surface area contributed by atoms with Crippen molar-refractivity contribution in [2.75, 3.05) is 5.32 Å². The van der Waals surface area contributed by atoms with E-state index >= 15 is 0 Å². The van der Waals surface area contributed by atoms with Crippen molar-refractivity contribution in [3.8, 4) is 11.3 Å². The van der Waals surface area contributed by atoms with Crippen LogP contribution in [0.1, 0.15) is 18.2 Å². The molecular formula is C21H18F3N3OS. The number of rotatable bonds is 5. The number of nitrogens with zero attached hydrogens (tertiary/aromatic N) is 2. The predicted octanol–water partition coefficient (Wildman–Crippen LogP) is 5.59. The van der Waals surface area contributed by atoms with E-state index in [0.717, 1.165) is 23.4 Å². The number of anilines is 1. The fourth-order valence-electron chi connectivity index (χ4n) is 2.47. The molecule has 0 fully saturated rings. The Kier molecular flexibility index (Phi) is 6.22. The van der Waals surface area contributed by atoms with Crippen LogP contribution >= 0.6 is 11.8 Å². The minimum atomic E-state index is -4.62. The number of thioether (sulfide) groups is 1. The van der Waals surface area contributed by atoms with Crippen LogP contribution in [0.4, 0.5) is 18.9 Å². The quantitative estimate of drug-likeness (QED) is 0.434. The molecule has 0 aliphatic heterocycles. The van der Waals surface area contributed by atoms with Crippen LogP contribution in [0.2, 0.25) is 0 Å². The maximum Gasteiger partial charge on any atom is 0.433 e. The maximum atomic E-state index is 13.3. The number of hydrogen-bond acceptors (Lipinski definition) is 4. The SMILES string of the molecule is Cc1ccc(NC(=O)[C@@H](C)Sc2nc(-c3ccccc3)cc(C(F)(F)F)n2)cc1. The van der Waals surface area contributed by atoms with Gasteiger partial charge < -0.3 is 5.32 Å². The van der Waals surface area contributed by atoms with Gasteiger partial charge in [0.1, 0.15) is 5.69 Å². The van der Waals surface area contributed by atoms with Gasteiger partial charge in [-0.2, -0.15) is 13.2 Å². The van der Waals surface area contributed by atoms with Crippen molar-refractivity contribution in [2.45, 2.75) is 30.4 Å². The van der Waals surface area contributed by atoms with Gasteiger partial charge in [-0.1, -0.05) is 59.8 Å². The lowest BCUT2D eigenvalue weighted by molar-refractivity contribution is -0.141. The molecule has 4 nitrogen and oxygen atoms in total. The summed E-state index contributed by atoms with van der Waals surface area (Å²) in [6.07, 6.45) is -4.62. The molecule has 0 radical (unpaired) electrons. The molecule has 3 rings (SSSR count). The van der Waals surface area contributed by atoms with E-state index in [-0.39, 0.29) is 16.8 Å². The van der Waals surface area contributed by atoms with Crippen molar-refractivity contribution in [3.63, 3.8) is 0 Å². The first kappa shape index (κ1) is 20.9. The molecule has 0 saturated carbocycles. The summed E-state index contributed by atoms with van der Waals surface area (Å²) in [6, 6.07) is 16.7. The van der Waals surface area contributed by atoms with Crippen LogP contribution < -0.4 is 5.32 Å². The topological polar surface area (TPSA) is 54.9 Å². The van der Waals surface area contributed by atoms with Gasteiger partial charge >= 0.3 is 6.18 Å². The Hall–Kier alpha value is -2.87. The Labute approximate surface area is 170 Å². The molecule has 0 spiro atoms. The third kappa shape index (κ3) is 5.57. The van der Waals surface area contributed by atoms with Crippen LogP contribution in [0.15, 0.2) is 65.8 Å². The number of amides is 1. The summed E-state index contributed by atoms with van der Waals surface area (Å²) in [5.74, 6) is -0.346. The van der Waals surface area contributed by atoms with Gasteiger partial charge in [0.05, 0.1) is 10.9 Å². The van der Waals surface area contributed by atoms with E-state index in [9.17, 15) is 18.0 Å². The number of carbonyl (C=O) groups excluding carboxylic acids is 1. The summed E-state index contributed by atoms with van der Waals surface area (Å²) >= 11 is 0.879. The van der Waals surface area contributed by atoms with Gasteiger partial charge in [-0.3, -0.25) is 4.79 Å². The number of nitrogens with one attached hydrogen (secondary N) is 1. The number of aryl methyl sites for hydroxylation is 1. The zero-order valence-corrected chi connectivity index (χ0v) is 16.5. The molecule has 0 aliphatic rings. The molecule has 1 atom stereocenters. The summed E-state index contributed by atoms with van der Waals surface area (Å²) in [5, 5.41) is 1.95. The second-order valence-electron chi connectivity index (χ2n) is 6.40. The van der Waals surface area contributed by atoms with E-state index in [1.165, 1.54) is 0 Å². The number of carbonyl (C=O) groups is 1. The van der Waals surface area contributed by atoms with Crippen LogP contribution in [0.25, 0.3) is 11.3 Å². The Morgan fingerprint density at radius 3 is 2.31 bits per heavy atom. The molecule has 150 valence electrons. The maximum absolute atomic E-state index is 13.3. The van der Waals surface area contributed by atoms with Gasteiger partial charge in [0.2, 0.25) is 5.91 Å². The van der Waals surface area contributed by atoms with E-state index in [2.05, 4.69) is 15.3 Å². The highest BCUT2D eigenvalue weighted by Gasteiger charge is 2.34. The van der Waals surface area contributed by atoms with Gasteiger partial charge in [-0.25, -0.2) is 9.97 Å². The lowest BCUT2D eigenvalue weighted by Crippen LogP contribution is -2.23. The van der Waals surface area contributed by atoms with E-state index in [4.69, 9.17) is 0 Å². The van der Waals surface area contributed by atoms with Crippen molar-refractivity contribution in [3.05, 3.63) is 71.9 Å². The highest BCUT2D eigenvalue weighted by Crippen LogP contribution is 2.33. The average Bonchev–Trinajstić information content (AvgIpc) is 2.69. The van der Waals surface area contributed by atoms with Crippen LogP contribution in [-0.4, -0.2) is 21.1 Å². The van der Waals surface area contributed by atoms with Crippen molar-refractivity contribution in [1.29, 1.82) is 0 Å². The average molecular weight is 417 g/mol. The number of aromatic nitrogens is 2. The van der Waals surface area contributed by atoms with Crippen molar-refractivity contribution >= 4 is 23.4 Å². The standard InChI is InChI=1S/C21H18F3N3OS/c1-13-8-10-16(11-9-13)25-19(28)14(2)29-20-26-17(15-6-4-3-5-7-15)12-18(27-20)21(22,23)24/h3-12,14H,1-2H3,(H,25,28)/t14-/m1/s1. The first-order valence-electron chi connectivity index (χ1n) is 8.78. The lowest BCUT2D eigenvalue weighted by Gasteiger charge is -2.14.